The quantitative estimate of drug-likeness (QED) is 0.370. The topological polar surface area (TPSA) is 76.0 Å². The van der Waals surface area contributed by atoms with Gasteiger partial charge < -0.3 is 19.7 Å². The number of benzene rings is 1. The Morgan fingerprint density at radius 3 is 2.67 bits per heavy atom. The molecule has 1 aromatic rings. The fourth-order valence-electron chi connectivity index (χ4n) is 2.14. The molecule has 0 aliphatic heterocycles. The third-order valence-electron chi connectivity index (χ3n) is 3.51. The third-order valence-corrected chi connectivity index (χ3v) is 3.51. The number of esters is 1. The lowest BCUT2D eigenvalue weighted by Crippen LogP contribution is -2.09. The monoisotopic (exact) mass is 334 g/mol. The summed E-state index contributed by atoms with van der Waals surface area (Å²) in [7, 11) is 0. The predicted octanol–water partition coefficient (Wildman–Crippen LogP) is 2.79. The van der Waals surface area contributed by atoms with Crippen molar-refractivity contribution in [2.24, 2.45) is 5.92 Å². The van der Waals surface area contributed by atoms with E-state index in [4.69, 9.17) is 14.6 Å². The zero-order valence-corrected chi connectivity index (χ0v) is 14.1. The summed E-state index contributed by atoms with van der Waals surface area (Å²) in [6.45, 7) is 5.86. The van der Waals surface area contributed by atoms with Crippen molar-refractivity contribution in [3.05, 3.63) is 54.6 Å². The smallest absolute Gasteiger partial charge is 0.330 e. The molecule has 0 unspecified atom stereocenters. The van der Waals surface area contributed by atoms with E-state index in [0.717, 1.165) is 12.0 Å². The number of aliphatic hydroxyl groups excluding tert-OH is 2. The van der Waals surface area contributed by atoms with E-state index in [2.05, 4.69) is 6.58 Å². The van der Waals surface area contributed by atoms with Gasteiger partial charge in [-0.3, -0.25) is 0 Å². The van der Waals surface area contributed by atoms with Gasteiger partial charge in [0.05, 0.1) is 12.7 Å². The predicted molar refractivity (Wildman–Crippen MR) is 92.7 cm³/mol. The summed E-state index contributed by atoms with van der Waals surface area (Å²) < 4.78 is 10.1. The molecule has 1 rings (SSSR count). The van der Waals surface area contributed by atoms with Gasteiger partial charge in [-0.25, -0.2) is 4.79 Å². The number of hydrogen-bond donors (Lipinski definition) is 2. The molecule has 132 valence electrons. The summed E-state index contributed by atoms with van der Waals surface area (Å²) in [6, 6.07) is 7.18. The lowest BCUT2D eigenvalue weighted by molar-refractivity contribution is -0.136. The van der Waals surface area contributed by atoms with Crippen molar-refractivity contribution in [2.45, 2.75) is 25.9 Å². The van der Waals surface area contributed by atoms with Gasteiger partial charge in [0.1, 0.15) is 19.0 Å². The highest BCUT2D eigenvalue weighted by Crippen LogP contribution is 2.27. The minimum atomic E-state index is -0.585. The molecule has 5 heteroatoms. The van der Waals surface area contributed by atoms with E-state index in [9.17, 15) is 9.90 Å². The van der Waals surface area contributed by atoms with E-state index >= 15 is 0 Å². The number of carbonyl (C=O) groups is 1. The number of rotatable bonds is 11. The van der Waals surface area contributed by atoms with Crippen molar-refractivity contribution in [2.75, 3.05) is 19.8 Å². The van der Waals surface area contributed by atoms with Crippen molar-refractivity contribution in [3.63, 3.8) is 0 Å². The molecule has 0 heterocycles. The molecule has 0 aliphatic carbocycles. The summed E-state index contributed by atoms with van der Waals surface area (Å²) in [4.78, 5) is 11.3. The Morgan fingerprint density at radius 1 is 1.33 bits per heavy atom. The lowest BCUT2D eigenvalue weighted by Gasteiger charge is -2.19. The van der Waals surface area contributed by atoms with Gasteiger partial charge in [-0.05, 0) is 36.5 Å². The van der Waals surface area contributed by atoms with Crippen LogP contribution in [0.1, 0.15) is 31.4 Å². The minimum Gasteiger partial charge on any atom is -0.491 e. The summed E-state index contributed by atoms with van der Waals surface area (Å²) in [5.41, 5.74) is 0.813. The van der Waals surface area contributed by atoms with Gasteiger partial charge in [0, 0.05) is 6.08 Å². The Morgan fingerprint density at radius 2 is 2.04 bits per heavy atom. The number of allylic oxidation sites excluding steroid dienone is 1. The van der Waals surface area contributed by atoms with E-state index in [1.807, 2.05) is 19.1 Å². The van der Waals surface area contributed by atoms with Crippen LogP contribution in [0.2, 0.25) is 0 Å². The van der Waals surface area contributed by atoms with E-state index < -0.39 is 6.10 Å². The van der Waals surface area contributed by atoms with Gasteiger partial charge in [0.25, 0.3) is 0 Å². The van der Waals surface area contributed by atoms with Gasteiger partial charge in [-0.2, -0.15) is 0 Å². The number of ether oxygens (including phenoxy) is 2. The summed E-state index contributed by atoms with van der Waals surface area (Å²) in [6.07, 6.45) is 5.51. The molecular weight excluding hydrogens is 308 g/mol. The van der Waals surface area contributed by atoms with Gasteiger partial charge in [-0.15, -0.1) is 0 Å². The molecule has 24 heavy (non-hydrogen) atoms. The highest BCUT2D eigenvalue weighted by Gasteiger charge is 2.15. The van der Waals surface area contributed by atoms with Gasteiger partial charge in [0.2, 0.25) is 0 Å². The first-order valence-electron chi connectivity index (χ1n) is 8.04. The molecule has 0 fully saturated rings. The Bertz CT molecular complexity index is 521. The Balaban J connectivity index is 2.41. The fourth-order valence-corrected chi connectivity index (χ4v) is 2.14. The highest BCUT2D eigenvalue weighted by molar-refractivity contribution is 5.81. The highest BCUT2D eigenvalue weighted by atomic mass is 16.5. The first-order chi connectivity index (χ1) is 11.6. The molecule has 0 bridgehead atoms. The van der Waals surface area contributed by atoms with Crippen molar-refractivity contribution in [3.8, 4) is 5.75 Å². The molecule has 0 saturated carbocycles. The number of aliphatic hydroxyl groups is 2. The van der Waals surface area contributed by atoms with Crippen molar-refractivity contribution >= 4 is 5.97 Å². The van der Waals surface area contributed by atoms with Crippen LogP contribution < -0.4 is 4.74 Å². The Hall–Kier alpha value is -2.11. The van der Waals surface area contributed by atoms with Crippen LogP contribution in [0.4, 0.5) is 0 Å². The molecule has 0 aliphatic rings. The van der Waals surface area contributed by atoms with Crippen LogP contribution in [0.3, 0.4) is 0 Å². The molecule has 5 nitrogen and oxygen atoms in total. The maximum atomic E-state index is 11.3. The lowest BCUT2D eigenvalue weighted by atomic mass is 9.93. The van der Waals surface area contributed by atoms with Crippen LogP contribution in [0.15, 0.2) is 49.1 Å². The van der Waals surface area contributed by atoms with Crippen LogP contribution in [-0.4, -0.2) is 36.0 Å². The van der Waals surface area contributed by atoms with E-state index in [-0.39, 0.29) is 31.7 Å². The second-order valence-electron chi connectivity index (χ2n) is 5.46. The molecule has 0 saturated heterocycles. The van der Waals surface area contributed by atoms with Crippen LogP contribution >= 0.6 is 0 Å². The Kier molecular flexibility index (Phi) is 9.49. The van der Waals surface area contributed by atoms with Crippen molar-refractivity contribution in [1.29, 1.82) is 0 Å². The molecular formula is C19H26O5. The maximum absolute atomic E-state index is 11.3. The Labute approximate surface area is 143 Å². The SMILES string of the molecule is C=CCOC(=O)/C=C/CC[C@@H](C)[C@H](O)c1ccc(OCCO)cc1. The molecule has 0 amide bonds. The maximum Gasteiger partial charge on any atom is 0.330 e. The molecule has 0 spiro atoms. The van der Waals surface area contributed by atoms with Crippen LogP contribution in [0, 0.1) is 5.92 Å². The van der Waals surface area contributed by atoms with Gasteiger partial charge in [0.15, 0.2) is 0 Å². The minimum absolute atomic E-state index is 0.0317. The number of hydrogen-bond acceptors (Lipinski definition) is 5. The van der Waals surface area contributed by atoms with Crippen molar-refractivity contribution < 1.29 is 24.5 Å². The normalized spacial score (nSPS) is 13.5. The molecule has 1 aromatic carbocycles. The van der Waals surface area contributed by atoms with E-state index in [1.165, 1.54) is 12.2 Å². The van der Waals surface area contributed by atoms with Gasteiger partial charge >= 0.3 is 5.97 Å². The van der Waals surface area contributed by atoms with Crippen LogP contribution in [0.5, 0.6) is 5.75 Å². The second-order valence-corrected chi connectivity index (χ2v) is 5.46. The number of carbonyl (C=O) groups excluding carboxylic acids is 1. The molecule has 0 aromatic heterocycles. The average molecular weight is 334 g/mol. The van der Waals surface area contributed by atoms with E-state index in [0.29, 0.717) is 12.2 Å². The molecule has 2 atom stereocenters. The zero-order valence-electron chi connectivity index (χ0n) is 14.1. The van der Waals surface area contributed by atoms with Gasteiger partial charge in [-0.1, -0.05) is 37.8 Å². The van der Waals surface area contributed by atoms with Crippen molar-refractivity contribution in [1.82, 2.24) is 0 Å². The first kappa shape index (κ1) is 19.9. The largest absolute Gasteiger partial charge is 0.491 e. The van der Waals surface area contributed by atoms with E-state index in [1.54, 1.807) is 18.2 Å². The summed E-state index contributed by atoms with van der Waals surface area (Å²) >= 11 is 0. The first-order valence-corrected chi connectivity index (χ1v) is 8.04. The standard InChI is InChI=1S/C19H26O5/c1-3-13-24-18(21)7-5-4-6-15(2)19(22)16-8-10-17(11-9-16)23-14-12-20/h3,5,7-11,15,19-20,22H,1,4,6,12-14H2,2H3/b7-5+/t15-,19+/m1/s1. The summed E-state index contributed by atoms with van der Waals surface area (Å²) in [5.74, 6) is 0.318. The zero-order chi connectivity index (χ0) is 17.8. The van der Waals surface area contributed by atoms with Crippen LogP contribution in [0.25, 0.3) is 0 Å². The average Bonchev–Trinajstić information content (AvgIpc) is 2.61. The third kappa shape index (κ3) is 7.44. The van der Waals surface area contributed by atoms with Crippen LogP contribution in [-0.2, 0) is 9.53 Å². The molecule has 2 N–H and O–H groups in total. The second kappa shape index (κ2) is 11.4. The summed E-state index contributed by atoms with van der Waals surface area (Å²) in [5, 5.41) is 19.1. The fraction of sp³-hybridized carbons (Fsp3) is 0.421. The molecule has 0 radical (unpaired) electrons.